The van der Waals surface area contributed by atoms with E-state index in [1.165, 1.54) is 27.8 Å². The number of aryl methyl sites for hydroxylation is 1. The molecule has 152 valence electrons. The van der Waals surface area contributed by atoms with Crippen LogP contribution >= 0.6 is 0 Å². The van der Waals surface area contributed by atoms with Gasteiger partial charge in [-0.3, -0.25) is 10.2 Å². The summed E-state index contributed by atoms with van der Waals surface area (Å²) in [5.41, 5.74) is 15.3. The highest BCUT2D eigenvalue weighted by atomic mass is 15.3. The zero-order valence-corrected chi connectivity index (χ0v) is 18.4. The molecule has 6 nitrogen and oxygen atoms in total. The molecule has 0 atom stereocenters. The second-order valence-corrected chi connectivity index (χ2v) is 9.84. The Labute approximate surface area is 171 Å². The Balaban J connectivity index is 1.89. The van der Waals surface area contributed by atoms with Crippen LogP contribution in [0.25, 0.3) is 21.9 Å². The molecule has 29 heavy (non-hydrogen) atoms. The molecule has 2 aromatic heterocycles. The van der Waals surface area contributed by atoms with Crippen LogP contribution < -0.4 is 5.73 Å². The van der Waals surface area contributed by atoms with Gasteiger partial charge in [-0.25, -0.2) is 0 Å². The molecule has 0 bridgehead atoms. The van der Waals surface area contributed by atoms with Gasteiger partial charge in [0.2, 0.25) is 0 Å². The summed E-state index contributed by atoms with van der Waals surface area (Å²) < 4.78 is 0. The van der Waals surface area contributed by atoms with Crippen molar-refractivity contribution in [2.75, 3.05) is 5.73 Å². The van der Waals surface area contributed by atoms with Crippen molar-refractivity contribution in [3.8, 4) is 0 Å². The minimum atomic E-state index is -0.125. The van der Waals surface area contributed by atoms with E-state index in [-0.39, 0.29) is 10.8 Å². The lowest BCUT2D eigenvalue weighted by molar-refractivity contribution is 0.519. The monoisotopic (exact) mass is 390 g/mol. The predicted molar refractivity (Wildman–Crippen MR) is 119 cm³/mol. The molecule has 0 aliphatic heterocycles. The van der Waals surface area contributed by atoms with Crippen molar-refractivity contribution in [2.45, 2.75) is 65.7 Å². The molecule has 0 saturated heterocycles. The van der Waals surface area contributed by atoms with Crippen molar-refractivity contribution in [1.29, 1.82) is 0 Å². The molecule has 0 radical (unpaired) electrons. The SMILES string of the molecule is Cc1ccc2c(N)n[nH]c2c1C(C)(C)Cc1cc2nn[nH]c2c(C(C)(C)C)c1C. The van der Waals surface area contributed by atoms with Crippen LogP contribution in [-0.4, -0.2) is 25.6 Å². The fourth-order valence-corrected chi connectivity index (χ4v) is 4.91. The summed E-state index contributed by atoms with van der Waals surface area (Å²) >= 11 is 0. The molecule has 0 aliphatic rings. The summed E-state index contributed by atoms with van der Waals surface area (Å²) in [6.07, 6.45) is 0.879. The van der Waals surface area contributed by atoms with Gasteiger partial charge in [-0.2, -0.15) is 5.10 Å². The lowest BCUT2D eigenvalue weighted by Gasteiger charge is -2.30. The standard InChI is InChI=1S/C23H30N6/c1-12-8-9-15-19(26-28-21(15)24)17(12)23(6,7)11-14-10-16-20(27-29-25-16)18(13(14)2)22(3,4)5/h8-10H,11H2,1-7H3,(H3,24,26,28)(H,25,27,29). The van der Waals surface area contributed by atoms with Crippen molar-refractivity contribution in [3.63, 3.8) is 0 Å². The molecule has 4 N–H and O–H groups in total. The maximum Gasteiger partial charge on any atom is 0.153 e. The largest absolute Gasteiger partial charge is 0.382 e. The lowest BCUT2D eigenvalue weighted by Crippen LogP contribution is -2.24. The summed E-state index contributed by atoms with van der Waals surface area (Å²) in [6, 6.07) is 6.37. The summed E-state index contributed by atoms with van der Waals surface area (Å²) in [7, 11) is 0. The Kier molecular flexibility index (Phi) is 4.22. The minimum Gasteiger partial charge on any atom is -0.382 e. The third-order valence-corrected chi connectivity index (χ3v) is 6.03. The first kappa shape index (κ1) is 19.4. The van der Waals surface area contributed by atoms with Crippen LogP contribution in [0.4, 0.5) is 5.82 Å². The fraction of sp³-hybridized carbons (Fsp3) is 0.435. The van der Waals surface area contributed by atoms with Gasteiger partial charge >= 0.3 is 0 Å². The number of fused-ring (bicyclic) bond motifs is 2. The van der Waals surface area contributed by atoms with Crippen LogP contribution in [0.15, 0.2) is 18.2 Å². The molecule has 2 aromatic carbocycles. The normalized spacial score (nSPS) is 12.9. The minimum absolute atomic E-state index is 0.00947. The molecule has 6 heteroatoms. The number of anilines is 1. The van der Waals surface area contributed by atoms with Crippen LogP contribution in [0.2, 0.25) is 0 Å². The number of H-pyrrole nitrogens is 2. The van der Waals surface area contributed by atoms with E-state index in [0.29, 0.717) is 5.82 Å². The van der Waals surface area contributed by atoms with Crippen molar-refractivity contribution in [3.05, 3.63) is 46.0 Å². The molecule has 2 heterocycles. The maximum absolute atomic E-state index is 6.07. The third kappa shape index (κ3) is 3.07. The first-order valence-electron chi connectivity index (χ1n) is 10.1. The molecule has 0 saturated carbocycles. The van der Waals surface area contributed by atoms with Gasteiger partial charge in [0.15, 0.2) is 5.82 Å². The van der Waals surface area contributed by atoms with E-state index >= 15 is 0 Å². The van der Waals surface area contributed by atoms with Crippen LogP contribution in [0.1, 0.15) is 62.4 Å². The van der Waals surface area contributed by atoms with Gasteiger partial charge < -0.3 is 5.73 Å². The zero-order chi connectivity index (χ0) is 21.1. The Hall–Kier alpha value is -2.89. The maximum atomic E-state index is 6.07. The van der Waals surface area contributed by atoms with Gasteiger partial charge in [-0.1, -0.05) is 45.9 Å². The second-order valence-electron chi connectivity index (χ2n) is 9.84. The van der Waals surface area contributed by atoms with E-state index in [1.54, 1.807) is 0 Å². The molecular weight excluding hydrogens is 360 g/mol. The molecule has 0 aliphatic carbocycles. The average Bonchev–Trinajstić information content (AvgIpc) is 3.20. The van der Waals surface area contributed by atoms with Crippen LogP contribution in [0.3, 0.4) is 0 Å². The number of benzene rings is 2. The van der Waals surface area contributed by atoms with Crippen molar-refractivity contribution in [2.24, 2.45) is 0 Å². The third-order valence-electron chi connectivity index (χ3n) is 6.03. The molecule has 0 fully saturated rings. The second kappa shape index (κ2) is 6.31. The Bertz CT molecular complexity index is 1220. The first-order valence-corrected chi connectivity index (χ1v) is 10.1. The molecule has 4 rings (SSSR count). The number of aromatic nitrogens is 5. The van der Waals surface area contributed by atoms with Gasteiger partial charge in [0.05, 0.1) is 11.0 Å². The van der Waals surface area contributed by atoms with Gasteiger partial charge in [0.25, 0.3) is 0 Å². The number of aromatic amines is 2. The average molecular weight is 391 g/mol. The summed E-state index contributed by atoms with van der Waals surface area (Å²) in [6.45, 7) is 15.7. The number of rotatable bonds is 3. The van der Waals surface area contributed by atoms with E-state index in [9.17, 15) is 0 Å². The smallest absolute Gasteiger partial charge is 0.153 e. The van der Waals surface area contributed by atoms with E-state index in [0.717, 1.165) is 28.4 Å². The first-order chi connectivity index (χ1) is 13.5. The van der Waals surface area contributed by atoms with E-state index in [1.807, 2.05) is 6.07 Å². The van der Waals surface area contributed by atoms with Gasteiger partial charge in [-0.05, 0) is 71.0 Å². The zero-order valence-electron chi connectivity index (χ0n) is 18.4. The number of nitrogens with two attached hydrogens (primary N) is 1. The molecule has 0 unspecified atom stereocenters. The number of nitrogen functional groups attached to an aromatic ring is 1. The van der Waals surface area contributed by atoms with Gasteiger partial charge in [-0.15, -0.1) is 5.10 Å². The van der Waals surface area contributed by atoms with Crippen molar-refractivity contribution in [1.82, 2.24) is 25.6 Å². The highest BCUT2D eigenvalue weighted by Gasteiger charge is 2.30. The number of nitrogens with one attached hydrogen (secondary N) is 2. The van der Waals surface area contributed by atoms with E-state index in [4.69, 9.17) is 5.73 Å². The van der Waals surface area contributed by atoms with Crippen molar-refractivity contribution >= 4 is 27.8 Å². The topological polar surface area (TPSA) is 96.3 Å². The molecule has 0 spiro atoms. The fourth-order valence-electron chi connectivity index (χ4n) is 4.91. The molecule has 0 amide bonds. The quantitative estimate of drug-likeness (QED) is 0.466. The van der Waals surface area contributed by atoms with Gasteiger partial charge in [0, 0.05) is 5.39 Å². The lowest BCUT2D eigenvalue weighted by atomic mass is 9.73. The molecular formula is C23H30N6. The van der Waals surface area contributed by atoms with Gasteiger partial charge in [0.1, 0.15) is 5.52 Å². The summed E-state index contributed by atoms with van der Waals surface area (Å²) in [5, 5.41) is 19.9. The van der Waals surface area contributed by atoms with Crippen molar-refractivity contribution < 1.29 is 0 Å². The van der Waals surface area contributed by atoms with Crippen LogP contribution in [-0.2, 0) is 17.3 Å². The van der Waals surface area contributed by atoms with E-state index < -0.39 is 0 Å². The Morgan fingerprint density at radius 2 is 1.69 bits per heavy atom. The Morgan fingerprint density at radius 3 is 2.38 bits per heavy atom. The number of nitrogens with zero attached hydrogens (tertiary/aromatic N) is 3. The van der Waals surface area contributed by atoms with Crippen LogP contribution in [0, 0.1) is 13.8 Å². The summed E-state index contributed by atoms with van der Waals surface area (Å²) in [5.74, 6) is 0.548. The summed E-state index contributed by atoms with van der Waals surface area (Å²) in [4.78, 5) is 0. The highest BCUT2D eigenvalue weighted by Crippen LogP contribution is 2.39. The predicted octanol–water partition coefficient (Wildman–Crippen LogP) is 4.85. The Morgan fingerprint density at radius 1 is 0.966 bits per heavy atom. The van der Waals surface area contributed by atoms with E-state index in [2.05, 4.69) is 86.2 Å². The highest BCUT2D eigenvalue weighted by molar-refractivity contribution is 5.92. The number of hydrogen-bond donors (Lipinski definition) is 3. The molecule has 4 aromatic rings. The number of hydrogen-bond acceptors (Lipinski definition) is 4. The van der Waals surface area contributed by atoms with Crippen LogP contribution in [0.5, 0.6) is 0 Å².